The first-order valence-corrected chi connectivity index (χ1v) is 7.43. The molecule has 0 atom stereocenters. The molecule has 2 rings (SSSR count). The molecule has 0 aromatic carbocycles. The van der Waals surface area contributed by atoms with Gasteiger partial charge in [-0.15, -0.1) is 16.4 Å². The Morgan fingerprint density at radius 1 is 1.35 bits per heavy atom. The third-order valence-corrected chi connectivity index (χ3v) is 4.77. The lowest BCUT2D eigenvalue weighted by molar-refractivity contribution is 0.0916. The van der Waals surface area contributed by atoms with Crippen LogP contribution in [0.5, 0.6) is 0 Å². The molecular formula is C14H20N4OS. The molecule has 2 heterocycles. The largest absolute Gasteiger partial charge is 0.397 e. The molecule has 0 unspecified atom stereocenters. The van der Waals surface area contributed by atoms with Gasteiger partial charge in [-0.25, -0.2) is 0 Å². The summed E-state index contributed by atoms with van der Waals surface area (Å²) in [5.74, 6) is -0.144. The van der Waals surface area contributed by atoms with Gasteiger partial charge in [-0.05, 0) is 39.7 Å². The molecule has 108 valence electrons. The normalized spacial score (nSPS) is 11.8. The number of hydrogen-bond donors (Lipinski definition) is 2. The molecule has 6 heteroatoms. The minimum atomic E-state index is -0.254. The Bertz CT molecular complexity index is 675. The summed E-state index contributed by atoms with van der Waals surface area (Å²) in [4.78, 5) is 13.6. The van der Waals surface area contributed by atoms with Gasteiger partial charge >= 0.3 is 0 Å². The van der Waals surface area contributed by atoms with E-state index in [4.69, 9.17) is 5.73 Å². The standard InChI is InChI=1S/C14H20N4OS/c1-6-14(4,5)16-12(19)11-10(15)9-7(2)8(3)17-18-13(9)20-11/h6,15H2,1-5H3,(H,16,19). The zero-order chi connectivity index (χ0) is 15.1. The topological polar surface area (TPSA) is 80.9 Å². The number of anilines is 1. The van der Waals surface area contributed by atoms with Crippen LogP contribution < -0.4 is 11.1 Å². The maximum Gasteiger partial charge on any atom is 0.263 e. The molecule has 2 aromatic rings. The highest BCUT2D eigenvalue weighted by Gasteiger charge is 2.24. The Morgan fingerprint density at radius 3 is 2.60 bits per heavy atom. The third kappa shape index (κ3) is 2.47. The number of aryl methyl sites for hydroxylation is 2. The lowest BCUT2D eigenvalue weighted by atomic mass is 10.0. The molecule has 0 fully saturated rings. The van der Waals surface area contributed by atoms with E-state index in [1.165, 1.54) is 11.3 Å². The van der Waals surface area contributed by atoms with Gasteiger partial charge in [0, 0.05) is 10.9 Å². The highest BCUT2D eigenvalue weighted by atomic mass is 32.1. The Hall–Kier alpha value is -1.69. The summed E-state index contributed by atoms with van der Waals surface area (Å²) in [6, 6.07) is 0. The van der Waals surface area contributed by atoms with Crippen LogP contribution in [0.4, 0.5) is 5.69 Å². The van der Waals surface area contributed by atoms with Crippen LogP contribution in [0.3, 0.4) is 0 Å². The smallest absolute Gasteiger partial charge is 0.263 e. The number of nitrogens with one attached hydrogen (secondary N) is 1. The van der Waals surface area contributed by atoms with E-state index in [0.717, 1.165) is 23.1 Å². The average Bonchev–Trinajstić information content (AvgIpc) is 2.71. The molecule has 0 bridgehead atoms. The minimum absolute atomic E-state index is 0.144. The first kappa shape index (κ1) is 14.7. The van der Waals surface area contributed by atoms with Crippen molar-refractivity contribution in [1.82, 2.24) is 15.5 Å². The van der Waals surface area contributed by atoms with Gasteiger partial charge in [-0.1, -0.05) is 6.92 Å². The summed E-state index contributed by atoms with van der Waals surface area (Å²) in [6.07, 6.45) is 0.849. The number of nitrogens with two attached hydrogens (primary N) is 1. The first-order chi connectivity index (χ1) is 9.26. The van der Waals surface area contributed by atoms with E-state index in [1.54, 1.807) is 0 Å². The highest BCUT2D eigenvalue weighted by Crippen LogP contribution is 2.35. The number of carbonyl (C=O) groups is 1. The monoisotopic (exact) mass is 292 g/mol. The number of aromatic nitrogens is 2. The van der Waals surface area contributed by atoms with Crippen molar-refractivity contribution in [3.8, 4) is 0 Å². The lowest BCUT2D eigenvalue weighted by Gasteiger charge is -2.24. The van der Waals surface area contributed by atoms with Gasteiger partial charge in [0.1, 0.15) is 9.71 Å². The molecule has 0 saturated heterocycles. The van der Waals surface area contributed by atoms with E-state index in [1.807, 2.05) is 34.6 Å². The molecule has 5 nitrogen and oxygen atoms in total. The summed E-state index contributed by atoms with van der Waals surface area (Å²) in [7, 11) is 0. The van der Waals surface area contributed by atoms with Gasteiger partial charge in [0.25, 0.3) is 5.91 Å². The number of amides is 1. The number of nitrogens with zero attached hydrogens (tertiary/aromatic N) is 2. The van der Waals surface area contributed by atoms with E-state index in [2.05, 4.69) is 15.5 Å². The van der Waals surface area contributed by atoms with E-state index in [0.29, 0.717) is 15.4 Å². The summed E-state index contributed by atoms with van der Waals surface area (Å²) in [5, 5.41) is 12.1. The molecule has 0 saturated carbocycles. The van der Waals surface area contributed by atoms with Crippen molar-refractivity contribution in [2.45, 2.75) is 46.6 Å². The molecule has 2 aromatic heterocycles. The van der Waals surface area contributed by atoms with Crippen LogP contribution in [-0.2, 0) is 0 Å². The highest BCUT2D eigenvalue weighted by molar-refractivity contribution is 7.21. The van der Waals surface area contributed by atoms with E-state index in [9.17, 15) is 4.79 Å². The minimum Gasteiger partial charge on any atom is -0.397 e. The Kier molecular flexibility index (Phi) is 3.69. The van der Waals surface area contributed by atoms with Gasteiger partial charge in [0.2, 0.25) is 0 Å². The SMILES string of the molecule is CCC(C)(C)NC(=O)c1sc2nnc(C)c(C)c2c1N. The fraction of sp³-hybridized carbons (Fsp3) is 0.500. The number of nitrogen functional groups attached to an aromatic ring is 1. The van der Waals surface area contributed by atoms with Crippen molar-refractivity contribution >= 4 is 33.1 Å². The van der Waals surface area contributed by atoms with Crippen LogP contribution in [0.2, 0.25) is 0 Å². The van der Waals surface area contributed by atoms with Crippen LogP contribution in [0.1, 0.15) is 48.1 Å². The first-order valence-electron chi connectivity index (χ1n) is 6.61. The molecule has 0 radical (unpaired) electrons. The van der Waals surface area contributed by atoms with Crippen molar-refractivity contribution in [3.63, 3.8) is 0 Å². The number of thiophene rings is 1. The van der Waals surface area contributed by atoms with Crippen molar-refractivity contribution in [3.05, 3.63) is 16.1 Å². The fourth-order valence-electron chi connectivity index (χ4n) is 1.86. The van der Waals surface area contributed by atoms with Crippen LogP contribution in [-0.4, -0.2) is 21.6 Å². The maximum atomic E-state index is 12.4. The number of fused-ring (bicyclic) bond motifs is 1. The van der Waals surface area contributed by atoms with Gasteiger partial charge in [-0.2, -0.15) is 5.10 Å². The molecule has 0 aliphatic heterocycles. The molecule has 0 aliphatic carbocycles. The fourth-order valence-corrected chi connectivity index (χ4v) is 2.86. The van der Waals surface area contributed by atoms with Crippen LogP contribution >= 0.6 is 11.3 Å². The Balaban J connectivity index is 2.49. The van der Waals surface area contributed by atoms with Crippen LogP contribution in [0.25, 0.3) is 10.2 Å². The van der Waals surface area contributed by atoms with Crippen molar-refractivity contribution in [2.24, 2.45) is 0 Å². The Labute approximate surface area is 122 Å². The van der Waals surface area contributed by atoms with Gasteiger partial charge in [-0.3, -0.25) is 4.79 Å². The summed E-state index contributed by atoms with van der Waals surface area (Å²) < 4.78 is 0. The molecular weight excluding hydrogens is 272 g/mol. The van der Waals surface area contributed by atoms with Crippen LogP contribution in [0, 0.1) is 13.8 Å². The molecule has 0 aliphatic rings. The van der Waals surface area contributed by atoms with Gasteiger partial charge in [0.05, 0.1) is 11.4 Å². The summed E-state index contributed by atoms with van der Waals surface area (Å²) in [6.45, 7) is 9.85. The van der Waals surface area contributed by atoms with Gasteiger partial charge in [0.15, 0.2) is 0 Å². The second-order valence-corrected chi connectivity index (χ2v) is 6.63. The summed E-state index contributed by atoms with van der Waals surface area (Å²) in [5.41, 5.74) is 8.22. The van der Waals surface area contributed by atoms with Crippen LogP contribution in [0.15, 0.2) is 0 Å². The van der Waals surface area contributed by atoms with Crippen molar-refractivity contribution < 1.29 is 4.79 Å². The van der Waals surface area contributed by atoms with E-state index in [-0.39, 0.29) is 11.4 Å². The predicted molar refractivity (Wildman–Crippen MR) is 83.1 cm³/mol. The third-order valence-electron chi connectivity index (χ3n) is 3.68. The van der Waals surface area contributed by atoms with Crippen molar-refractivity contribution in [2.75, 3.05) is 5.73 Å². The average molecular weight is 292 g/mol. The predicted octanol–water partition coefficient (Wildman–Crippen LogP) is 2.81. The maximum absolute atomic E-state index is 12.4. The number of hydrogen-bond acceptors (Lipinski definition) is 5. The number of carbonyl (C=O) groups excluding carboxylic acids is 1. The van der Waals surface area contributed by atoms with E-state index >= 15 is 0 Å². The Morgan fingerprint density at radius 2 is 2.00 bits per heavy atom. The molecule has 20 heavy (non-hydrogen) atoms. The molecule has 0 spiro atoms. The quantitative estimate of drug-likeness (QED) is 0.911. The second-order valence-electron chi connectivity index (χ2n) is 5.63. The zero-order valence-corrected chi connectivity index (χ0v) is 13.3. The second kappa shape index (κ2) is 5.01. The lowest BCUT2D eigenvalue weighted by Crippen LogP contribution is -2.42. The van der Waals surface area contributed by atoms with Gasteiger partial charge < -0.3 is 11.1 Å². The van der Waals surface area contributed by atoms with Crippen molar-refractivity contribution in [1.29, 1.82) is 0 Å². The molecule has 1 amide bonds. The zero-order valence-electron chi connectivity index (χ0n) is 12.5. The molecule has 3 N–H and O–H groups in total. The van der Waals surface area contributed by atoms with E-state index < -0.39 is 0 Å². The summed E-state index contributed by atoms with van der Waals surface area (Å²) >= 11 is 1.30. The number of rotatable bonds is 3.